The molecule has 0 amide bonds. The van der Waals surface area contributed by atoms with Crippen LogP contribution in [0.5, 0.6) is 0 Å². The van der Waals surface area contributed by atoms with Crippen molar-refractivity contribution in [3.8, 4) is 0 Å². The fraction of sp³-hybridized carbons (Fsp3) is 1.00. The van der Waals surface area contributed by atoms with Gasteiger partial charge in [-0.3, -0.25) is 0 Å². The molecule has 0 bridgehead atoms. The molecule has 0 radical (unpaired) electrons. The molecule has 2 aliphatic rings. The lowest BCUT2D eigenvalue weighted by molar-refractivity contribution is 0.304. The Morgan fingerprint density at radius 1 is 1.19 bits per heavy atom. The van der Waals surface area contributed by atoms with Gasteiger partial charge in [0, 0.05) is 31.0 Å². The van der Waals surface area contributed by atoms with E-state index in [1.165, 1.54) is 0 Å². The van der Waals surface area contributed by atoms with E-state index in [1.807, 2.05) is 0 Å². The van der Waals surface area contributed by atoms with E-state index in [9.17, 15) is 8.42 Å². The van der Waals surface area contributed by atoms with E-state index in [-0.39, 0.29) is 6.04 Å². The Bertz CT molecular complexity index is 324. The first-order chi connectivity index (χ1) is 7.66. The van der Waals surface area contributed by atoms with Gasteiger partial charge in [-0.05, 0) is 25.7 Å². The molecule has 1 aliphatic heterocycles. The van der Waals surface area contributed by atoms with Gasteiger partial charge in [0.1, 0.15) is 0 Å². The average molecular weight is 311 g/mol. The molecule has 16 heavy (non-hydrogen) atoms. The Balaban J connectivity index is 2.07. The van der Waals surface area contributed by atoms with Crippen LogP contribution < -0.4 is 0 Å². The zero-order valence-corrected chi connectivity index (χ0v) is 11.8. The summed E-state index contributed by atoms with van der Waals surface area (Å²) in [4.78, 5) is 0. The van der Waals surface area contributed by atoms with E-state index in [0.717, 1.165) is 37.4 Å². The Morgan fingerprint density at radius 3 is 2.31 bits per heavy atom. The van der Waals surface area contributed by atoms with Gasteiger partial charge in [-0.1, -0.05) is 22.4 Å². The Hall–Kier alpha value is 0.350. The van der Waals surface area contributed by atoms with Crippen LogP contribution >= 0.6 is 15.9 Å². The molecule has 2 rings (SSSR count). The number of alkyl halides is 1. The highest BCUT2D eigenvalue weighted by Crippen LogP contribution is 2.31. The first-order valence-corrected chi connectivity index (χ1v) is 8.51. The molecule has 1 saturated heterocycles. The SMILES string of the molecule is O=S(=O)(N1CCCCC1)N(CCBr)C1CC1. The van der Waals surface area contributed by atoms with E-state index in [2.05, 4.69) is 15.9 Å². The van der Waals surface area contributed by atoms with Gasteiger partial charge >= 0.3 is 0 Å². The molecule has 94 valence electrons. The molecule has 0 aromatic heterocycles. The zero-order chi connectivity index (χ0) is 11.6. The Kier molecular flexibility index (Phi) is 4.26. The second kappa shape index (κ2) is 5.33. The van der Waals surface area contributed by atoms with Gasteiger partial charge in [0.15, 0.2) is 0 Å². The maximum absolute atomic E-state index is 12.4. The predicted molar refractivity (Wildman–Crippen MR) is 67.9 cm³/mol. The fourth-order valence-corrected chi connectivity index (χ4v) is 4.72. The van der Waals surface area contributed by atoms with Gasteiger partial charge in [0.25, 0.3) is 10.2 Å². The van der Waals surface area contributed by atoms with Crippen molar-refractivity contribution in [2.45, 2.75) is 38.1 Å². The molecule has 2 fully saturated rings. The number of halogens is 1. The highest BCUT2D eigenvalue weighted by atomic mass is 79.9. The minimum atomic E-state index is -3.19. The van der Waals surface area contributed by atoms with Crippen LogP contribution in [0, 0.1) is 0 Å². The largest absolute Gasteiger partial charge is 0.282 e. The third-order valence-electron chi connectivity index (χ3n) is 3.20. The molecule has 1 saturated carbocycles. The summed E-state index contributed by atoms with van der Waals surface area (Å²) in [6.07, 6.45) is 5.23. The van der Waals surface area contributed by atoms with Crippen molar-refractivity contribution in [1.29, 1.82) is 0 Å². The second-order valence-corrected chi connectivity index (χ2v) is 7.17. The van der Waals surface area contributed by atoms with Crippen LogP contribution in [0.25, 0.3) is 0 Å². The molecule has 1 aliphatic carbocycles. The van der Waals surface area contributed by atoms with Crippen molar-refractivity contribution >= 4 is 26.1 Å². The minimum absolute atomic E-state index is 0.268. The lowest BCUT2D eigenvalue weighted by Crippen LogP contribution is -2.47. The van der Waals surface area contributed by atoms with Crippen molar-refractivity contribution < 1.29 is 8.42 Å². The quantitative estimate of drug-likeness (QED) is 0.723. The molecule has 0 N–H and O–H groups in total. The highest BCUT2D eigenvalue weighted by Gasteiger charge is 2.39. The molecule has 1 heterocycles. The maximum atomic E-state index is 12.4. The van der Waals surface area contributed by atoms with Crippen LogP contribution in [0.4, 0.5) is 0 Å². The Labute approximate surface area is 106 Å². The van der Waals surface area contributed by atoms with Crippen molar-refractivity contribution in [2.75, 3.05) is 25.0 Å². The monoisotopic (exact) mass is 310 g/mol. The third-order valence-corrected chi connectivity index (χ3v) is 5.64. The van der Waals surface area contributed by atoms with Crippen LogP contribution in [-0.2, 0) is 10.2 Å². The predicted octanol–water partition coefficient (Wildman–Crippen LogP) is 1.58. The van der Waals surface area contributed by atoms with Crippen LogP contribution in [0.3, 0.4) is 0 Å². The molecule has 4 nitrogen and oxygen atoms in total. The number of hydrogen-bond donors (Lipinski definition) is 0. The lowest BCUT2D eigenvalue weighted by Gasteiger charge is -2.31. The summed E-state index contributed by atoms with van der Waals surface area (Å²) in [5.41, 5.74) is 0. The molecular weight excluding hydrogens is 292 g/mol. The van der Waals surface area contributed by atoms with E-state index in [4.69, 9.17) is 0 Å². The summed E-state index contributed by atoms with van der Waals surface area (Å²) in [5.74, 6) is 0. The molecule has 0 aromatic carbocycles. The van der Waals surface area contributed by atoms with Gasteiger partial charge in [-0.15, -0.1) is 0 Å². The van der Waals surface area contributed by atoms with E-state index >= 15 is 0 Å². The number of rotatable bonds is 5. The van der Waals surface area contributed by atoms with E-state index in [0.29, 0.717) is 19.6 Å². The summed E-state index contributed by atoms with van der Waals surface area (Å²) in [6, 6.07) is 0.268. The van der Waals surface area contributed by atoms with Crippen molar-refractivity contribution in [2.24, 2.45) is 0 Å². The van der Waals surface area contributed by atoms with Gasteiger partial charge in [-0.25, -0.2) is 0 Å². The van der Waals surface area contributed by atoms with Gasteiger partial charge in [0.05, 0.1) is 0 Å². The smallest absolute Gasteiger partial charge is 0.195 e. The van der Waals surface area contributed by atoms with E-state index < -0.39 is 10.2 Å². The molecule has 0 aromatic rings. The normalized spacial score (nSPS) is 23.9. The van der Waals surface area contributed by atoms with Crippen molar-refractivity contribution in [1.82, 2.24) is 8.61 Å². The lowest BCUT2D eigenvalue weighted by atomic mass is 10.2. The molecule has 0 atom stereocenters. The van der Waals surface area contributed by atoms with Gasteiger partial charge in [-0.2, -0.15) is 17.0 Å². The zero-order valence-electron chi connectivity index (χ0n) is 9.44. The van der Waals surface area contributed by atoms with E-state index in [1.54, 1.807) is 8.61 Å². The van der Waals surface area contributed by atoms with Crippen molar-refractivity contribution in [3.05, 3.63) is 0 Å². The van der Waals surface area contributed by atoms with Gasteiger partial charge < -0.3 is 0 Å². The Morgan fingerprint density at radius 2 is 1.81 bits per heavy atom. The summed E-state index contributed by atoms with van der Waals surface area (Å²) in [6.45, 7) is 2.01. The third kappa shape index (κ3) is 2.78. The van der Waals surface area contributed by atoms with Crippen LogP contribution in [0.15, 0.2) is 0 Å². The number of piperidine rings is 1. The number of nitrogens with zero attached hydrogens (tertiary/aromatic N) is 2. The summed E-state index contributed by atoms with van der Waals surface area (Å²) in [7, 11) is -3.19. The van der Waals surface area contributed by atoms with Crippen LogP contribution in [0.2, 0.25) is 0 Å². The minimum Gasteiger partial charge on any atom is -0.195 e. The van der Waals surface area contributed by atoms with Crippen LogP contribution in [0.1, 0.15) is 32.1 Å². The molecule has 0 unspecified atom stereocenters. The summed E-state index contributed by atoms with van der Waals surface area (Å²) >= 11 is 3.34. The fourth-order valence-electron chi connectivity index (χ4n) is 2.18. The maximum Gasteiger partial charge on any atom is 0.282 e. The second-order valence-electron chi connectivity index (χ2n) is 4.50. The summed E-state index contributed by atoms with van der Waals surface area (Å²) in [5, 5.41) is 0.719. The highest BCUT2D eigenvalue weighted by molar-refractivity contribution is 9.09. The summed E-state index contributed by atoms with van der Waals surface area (Å²) < 4.78 is 28.1. The van der Waals surface area contributed by atoms with Gasteiger partial charge in [0.2, 0.25) is 0 Å². The molecular formula is C10H19BrN2O2S. The average Bonchev–Trinajstić information content (AvgIpc) is 3.11. The van der Waals surface area contributed by atoms with Crippen molar-refractivity contribution in [3.63, 3.8) is 0 Å². The van der Waals surface area contributed by atoms with Crippen LogP contribution in [-0.4, -0.2) is 48.0 Å². The number of hydrogen-bond acceptors (Lipinski definition) is 2. The first kappa shape index (κ1) is 12.8. The molecule has 6 heteroatoms. The topological polar surface area (TPSA) is 40.6 Å². The molecule has 0 spiro atoms. The first-order valence-electron chi connectivity index (χ1n) is 5.99. The standard InChI is InChI=1S/C10H19BrN2O2S/c11-6-9-13(10-4-5-10)16(14,15)12-7-2-1-3-8-12/h10H,1-9H2.